The van der Waals surface area contributed by atoms with Gasteiger partial charge in [-0.3, -0.25) is 0 Å². The molecule has 0 saturated heterocycles. The van der Waals surface area contributed by atoms with Crippen LogP contribution >= 0.6 is 22.9 Å². The first-order chi connectivity index (χ1) is 6.96. The summed E-state index contributed by atoms with van der Waals surface area (Å²) in [4.78, 5) is 0. The lowest BCUT2D eigenvalue weighted by molar-refractivity contribution is -0.274. The number of fused-ring (bicyclic) bond motifs is 1. The highest BCUT2D eigenvalue weighted by Crippen LogP contribution is 2.33. The highest BCUT2D eigenvalue weighted by atomic mass is 35.5. The van der Waals surface area contributed by atoms with E-state index in [-0.39, 0.29) is 10.8 Å². The van der Waals surface area contributed by atoms with E-state index in [1.165, 1.54) is 17.4 Å². The Hall–Kier alpha value is -0.940. The van der Waals surface area contributed by atoms with Gasteiger partial charge >= 0.3 is 6.36 Å². The van der Waals surface area contributed by atoms with Gasteiger partial charge in [-0.2, -0.15) is 0 Å². The van der Waals surface area contributed by atoms with Gasteiger partial charge in [-0.15, -0.1) is 24.5 Å². The van der Waals surface area contributed by atoms with Gasteiger partial charge in [0, 0.05) is 5.39 Å². The van der Waals surface area contributed by atoms with Crippen LogP contribution in [0, 0.1) is 5.38 Å². The Morgan fingerprint density at radius 1 is 1.33 bits per heavy atom. The predicted molar refractivity (Wildman–Crippen MR) is 52.4 cm³/mol. The standard InChI is InChI=1S/C9H3ClF3OS/c10-8-2-6(14-9(11,12)13)1-5-3-15-4-7(5)8/h1-3H. The molecule has 0 saturated carbocycles. The largest absolute Gasteiger partial charge is 0.573 e. The molecule has 79 valence electrons. The molecule has 2 aromatic rings. The molecular formula is C9H3ClF3OS. The number of ether oxygens (including phenoxy) is 1. The maximum atomic E-state index is 11.9. The first kappa shape index (κ1) is 10.6. The van der Waals surface area contributed by atoms with Crippen LogP contribution in [0.4, 0.5) is 13.2 Å². The van der Waals surface area contributed by atoms with Crippen LogP contribution in [0.2, 0.25) is 5.02 Å². The molecular weight excluding hydrogens is 249 g/mol. The molecule has 0 N–H and O–H groups in total. The topological polar surface area (TPSA) is 9.23 Å². The molecule has 1 radical (unpaired) electrons. The van der Waals surface area contributed by atoms with Gasteiger partial charge in [-0.05, 0) is 22.9 Å². The molecule has 0 bridgehead atoms. The normalized spacial score (nSPS) is 12.0. The zero-order chi connectivity index (χ0) is 11.1. The third-order valence-corrected chi connectivity index (χ3v) is 2.67. The van der Waals surface area contributed by atoms with Gasteiger partial charge in [0.1, 0.15) is 5.75 Å². The first-order valence-electron chi connectivity index (χ1n) is 3.80. The van der Waals surface area contributed by atoms with Crippen molar-refractivity contribution in [2.75, 3.05) is 0 Å². The van der Waals surface area contributed by atoms with Gasteiger partial charge in [0.2, 0.25) is 0 Å². The minimum Gasteiger partial charge on any atom is -0.406 e. The fourth-order valence-corrected chi connectivity index (χ4v) is 2.18. The molecule has 15 heavy (non-hydrogen) atoms. The monoisotopic (exact) mass is 251 g/mol. The predicted octanol–water partition coefficient (Wildman–Crippen LogP) is 4.25. The number of thiophene rings is 1. The molecule has 6 heteroatoms. The van der Waals surface area contributed by atoms with Gasteiger partial charge in [0.15, 0.2) is 0 Å². The molecule has 1 aromatic heterocycles. The number of rotatable bonds is 1. The summed E-state index contributed by atoms with van der Waals surface area (Å²) < 4.78 is 39.6. The van der Waals surface area contributed by atoms with Gasteiger partial charge in [0.25, 0.3) is 0 Å². The second kappa shape index (κ2) is 3.57. The number of halogens is 4. The van der Waals surface area contributed by atoms with Crippen molar-refractivity contribution < 1.29 is 17.9 Å². The molecule has 0 aliphatic carbocycles. The van der Waals surface area contributed by atoms with Crippen molar-refractivity contribution in [3.63, 3.8) is 0 Å². The van der Waals surface area contributed by atoms with E-state index in [4.69, 9.17) is 11.6 Å². The minimum absolute atomic E-state index is 0.202. The number of hydrogen-bond acceptors (Lipinski definition) is 2. The van der Waals surface area contributed by atoms with Crippen molar-refractivity contribution in [1.82, 2.24) is 0 Å². The van der Waals surface area contributed by atoms with Crippen LogP contribution in [0.15, 0.2) is 17.5 Å². The average molecular weight is 252 g/mol. The van der Waals surface area contributed by atoms with E-state index in [1.54, 1.807) is 5.38 Å². The van der Waals surface area contributed by atoms with Gasteiger partial charge in [-0.1, -0.05) is 11.6 Å². The third kappa shape index (κ3) is 2.35. The summed E-state index contributed by atoms with van der Waals surface area (Å²) in [6.45, 7) is 0. The van der Waals surface area contributed by atoms with E-state index in [1.807, 2.05) is 0 Å². The Balaban J connectivity index is 2.45. The van der Waals surface area contributed by atoms with Crippen LogP contribution in [-0.4, -0.2) is 6.36 Å². The van der Waals surface area contributed by atoms with Crippen molar-refractivity contribution in [3.8, 4) is 5.75 Å². The third-order valence-electron chi connectivity index (χ3n) is 1.67. The molecule has 0 aliphatic heterocycles. The lowest BCUT2D eigenvalue weighted by Gasteiger charge is -2.09. The van der Waals surface area contributed by atoms with Crippen LogP contribution in [0.5, 0.6) is 5.75 Å². The Bertz CT molecular complexity index is 492. The van der Waals surface area contributed by atoms with Crippen LogP contribution in [0.25, 0.3) is 10.8 Å². The van der Waals surface area contributed by atoms with Crippen molar-refractivity contribution in [2.45, 2.75) is 6.36 Å². The summed E-state index contributed by atoms with van der Waals surface area (Å²) in [6, 6.07) is 2.41. The first-order valence-corrected chi connectivity index (χ1v) is 5.05. The molecule has 0 spiro atoms. The van der Waals surface area contributed by atoms with Crippen LogP contribution in [0.1, 0.15) is 0 Å². The molecule has 0 atom stereocenters. The van der Waals surface area contributed by atoms with E-state index >= 15 is 0 Å². The maximum Gasteiger partial charge on any atom is 0.573 e. The zero-order valence-electron chi connectivity index (χ0n) is 7.06. The lowest BCUT2D eigenvalue weighted by atomic mass is 10.2. The van der Waals surface area contributed by atoms with Crippen LogP contribution in [-0.2, 0) is 0 Å². The highest BCUT2D eigenvalue weighted by molar-refractivity contribution is 7.09. The molecule has 0 fully saturated rings. The van der Waals surface area contributed by atoms with Gasteiger partial charge in [0.05, 0.1) is 10.4 Å². The van der Waals surface area contributed by atoms with E-state index in [2.05, 4.69) is 10.1 Å². The smallest absolute Gasteiger partial charge is 0.406 e. The summed E-state index contributed by atoms with van der Waals surface area (Å²) in [5, 5.41) is 5.91. The van der Waals surface area contributed by atoms with Gasteiger partial charge in [-0.25, -0.2) is 0 Å². The Morgan fingerprint density at radius 2 is 2.07 bits per heavy atom. The molecule has 0 amide bonds. The summed E-state index contributed by atoms with van der Waals surface area (Å²) in [5.41, 5.74) is 0. The minimum atomic E-state index is -4.70. The van der Waals surface area contributed by atoms with E-state index in [9.17, 15) is 13.2 Å². The van der Waals surface area contributed by atoms with Gasteiger partial charge < -0.3 is 4.74 Å². The quantitative estimate of drug-likeness (QED) is 0.736. The average Bonchev–Trinajstić information content (AvgIpc) is 2.48. The van der Waals surface area contributed by atoms with Crippen LogP contribution < -0.4 is 4.74 Å². The molecule has 2 rings (SSSR count). The molecule has 1 nitrogen and oxygen atoms in total. The Morgan fingerprint density at radius 3 is 2.73 bits per heavy atom. The fourth-order valence-electron chi connectivity index (χ4n) is 1.15. The molecule has 1 heterocycles. The number of alkyl halides is 3. The summed E-state index contributed by atoms with van der Waals surface area (Å²) >= 11 is 7.01. The molecule has 0 aliphatic rings. The van der Waals surface area contributed by atoms with Crippen molar-refractivity contribution in [3.05, 3.63) is 27.9 Å². The Kier molecular flexibility index (Phi) is 2.52. The highest BCUT2D eigenvalue weighted by Gasteiger charge is 2.31. The number of hydrogen-bond donors (Lipinski definition) is 0. The lowest BCUT2D eigenvalue weighted by Crippen LogP contribution is -2.17. The summed E-state index contributed by atoms with van der Waals surface area (Å²) in [7, 11) is 0. The summed E-state index contributed by atoms with van der Waals surface area (Å²) in [5.74, 6) is -0.313. The maximum absolute atomic E-state index is 11.9. The van der Waals surface area contributed by atoms with E-state index in [0.717, 1.165) is 6.07 Å². The van der Waals surface area contributed by atoms with Crippen molar-refractivity contribution in [1.29, 1.82) is 0 Å². The SMILES string of the molecule is FC(F)(F)Oc1cc(Cl)c2[c]scc2c1. The molecule has 1 aromatic carbocycles. The zero-order valence-corrected chi connectivity index (χ0v) is 8.63. The second-order valence-corrected chi connectivity index (χ2v) is 3.84. The number of benzene rings is 1. The molecule has 0 unspecified atom stereocenters. The van der Waals surface area contributed by atoms with Crippen molar-refractivity contribution in [2.24, 2.45) is 0 Å². The fraction of sp³-hybridized carbons (Fsp3) is 0.111. The van der Waals surface area contributed by atoms with E-state index < -0.39 is 6.36 Å². The summed E-state index contributed by atoms with van der Waals surface area (Å²) in [6.07, 6.45) is -4.70. The Labute approximate surface area is 92.0 Å². The van der Waals surface area contributed by atoms with Crippen molar-refractivity contribution >= 4 is 33.7 Å². The van der Waals surface area contributed by atoms with E-state index in [0.29, 0.717) is 10.8 Å². The second-order valence-electron chi connectivity index (χ2n) is 2.75. The van der Waals surface area contributed by atoms with Crippen LogP contribution in [0.3, 0.4) is 0 Å².